The van der Waals surface area contributed by atoms with E-state index < -0.39 is 17.4 Å². The molecule has 6 heteroatoms. The fourth-order valence-corrected chi connectivity index (χ4v) is 5.55. The first-order valence-corrected chi connectivity index (χ1v) is 10.5. The summed E-state index contributed by atoms with van der Waals surface area (Å²) >= 11 is 0. The van der Waals surface area contributed by atoms with Crippen LogP contribution in [0.1, 0.15) is 37.7 Å². The molecule has 1 amide bonds. The highest BCUT2D eigenvalue weighted by molar-refractivity contribution is 5.88. The van der Waals surface area contributed by atoms with E-state index in [-0.39, 0.29) is 12.3 Å². The topological polar surface area (TPSA) is 64.1 Å². The van der Waals surface area contributed by atoms with Crippen molar-refractivity contribution >= 4 is 11.9 Å². The monoisotopic (exact) mass is 385 g/mol. The van der Waals surface area contributed by atoms with E-state index in [1.807, 2.05) is 0 Å². The molecule has 1 N–H and O–H groups in total. The maximum Gasteiger partial charge on any atom is 0.309 e. The zero-order valence-electron chi connectivity index (χ0n) is 16.7. The highest BCUT2D eigenvalue weighted by atomic mass is 16.4. The molecule has 0 saturated carbocycles. The van der Waals surface area contributed by atoms with Crippen LogP contribution in [-0.4, -0.2) is 76.5 Å². The molecule has 4 rings (SSSR count). The predicted molar refractivity (Wildman–Crippen MR) is 107 cm³/mol. The van der Waals surface area contributed by atoms with Crippen molar-refractivity contribution < 1.29 is 14.7 Å². The summed E-state index contributed by atoms with van der Waals surface area (Å²) < 4.78 is 0. The lowest BCUT2D eigenvalue weighted by atomic mass is 9.76. The third-order valence-corrected chi connectivity index (χ3v) is 7.35. The van der Waals surface area contributed by atoms with Crippen molar-refractivity contribution in [1.82, 2.24) is 14.7 Å². The number of piperidine rings is 2. The summed E-state index contributed by atoms with van der Waals surface area (Å²) in [5.41, 5.74) is 0.891. The van der Waals surface area contributed by atoms with E-state index in [1.165, 1.54) is 5.56 Å². The first kappa shape index (κ1) is 19.4. The fourth-order valence-electron chi connectivity index (χ4n) is 5.55. The lowest BCUT2D eigenvalue weighted by Crippen LogP contribution is -2.58. The molecule has 0 radical (unpaired) electrons. The molecule has 3 heterocycles. The van der Waals surface area contributed by atoms with Crippen molar-refractivity contribution in [2.24, 2.45) is 5.92 Å². The molecular formula is C22H31N3O3. The average molecular weight is 386 g/mol. The minimum absolute atomic E-state index is 0.0185. The van der Waals surface area contributed by atoms with E-state index in [1.54, 1.807) is 11.9 Å². The Morgan fingerprint density at radius 2 is 1.75 bits per heavy atom. The van der Waals surface area contributed by atoms with Gasteiger partial charge in [0.1, 0.15) is 0 Å². The van der Waals surface area contributed by atoms with Gasteiger partial charge in [0.15, 0.2) is 0 Å². The number of aliphatic carboxylic acids is 1. The minimum Gasteiger partial charge on any atom is -0.481 e. The molecule has 152 valence electrons. The second kappa shape index (κ2) is 7.84. The number of carboxylic acid groups (broad SMARTS) is 1. The van der Waals surface area contributed by atoms with E-state index in [2.05, 4.69) is 40.1 Å². The molecule has 3 fully saturated rings. The van der Waals surface area contributed by atoms with Crippen molar-refractivity contribution in [3.63, 3.8) is 0 Å². The first-order chi connectivity index (χ1) is 13.5. The van der Waals surface area contributed by atoms with Gasteiger partial charge in [-0.25, -0.2) is 0 Å². The van der Waals surface area contributed by atoms with Gasteiger partial charge in [0, 0.05) is 39.1 Å². The van der Waals surface area contributed by atoms with E-state index in [0.29, 0.717) is 6.04 Å². The van der Waals surface area contributed by atoms with Crippen LogP contribution in [0.3, 0.4) is 0 Å². The Morgan fingerprint density at radius 1 is 1.11 bits per heavy atom. The molecule has 0 bridgehead atoms. The van der Waals surface area contributed by atoms with Gasteiger partial charge >= 0.3 is 5.97 Å². The van der Waals surface area contributed by atoms with Crippen LogP contribution in [0.25, 0.3) is 0 Å². The van der Waals surface area contributed by atoms with Gasteiger partial charge in [0.05, 0.1) is 11.5 Å². The molecule has 0 unspecified atom stereocenters. The lowest BCUT2D eigenvalue weighted by Gasteiger charge is -2.48. The molecular weight excluding hydrogens is 354 g/mol. The number of amides is 1. The van der Waals surface area contributed by atoms with Crippen LogP contribution in [0.5, 0.6) is 0 Å². The van der Waals surface area contributed by atoms with Crippen LogP contribution in [0.2, 0.25) is 0 Å². The van der Waals surface area contributed by atoms with Gasteiger partial charge in [-0.15, -0.1) is 0 Å². The summed E-state index contributed by atoms with van der Waals surface area (Å²) in [4.78, 5) is 30.7. The second-order valence-electron chi connectivity index (χ2n) is 8.68. The van der Waals surface area contributed by atoms with Gasteiger partial charge < -0.3 is 14.9 Å². The maximum atomic E-state index is 12.2. The SMILES string of the molecule is CN1C(=O)C[C@@H](C(=O)O)C12CCN(C1CCN(Cc3ccccc3)CC1)CC2. The van der Waals surface area contributed by atoms with Gasteiger partial charge in [-0.05, 0) is 44.3 Å². The summed E-state index contributed by atoms with van der Waals surface area (Å²) in [7, 11) is 1.79. The summed E-state index contributed by atoms with van der Waals surface area (Å²) in [6, 6.07) is 11.2. The minimum atomic E-state index is -0.819. The number of likely N-dealkylation sites (tertiary alicyclic amines) is 3. The third kappa shape index (κ3) is 3.55. The zero-order chi connectivity index (χ0) is 19.7. The Morgan fingerprint density at radius 3 is 2.36 bits per heavy atom. The molecule has 3 aliphatic rings. The molecule has 6 nitrogen and oxygen atoms in total. The van der Waals surface area contributed by atoms with Crippen molar-refractivity contribution in [2.45, 2.75) is 50.2 Å². The zero-order valence-corrected chi connectivity index (χ0v) is 16.7. The van der Waals surface area contributed by atoms with E-state index in [4.69, 9.17) is 0 Å². The Bertz CT molecular complexity index is 707. The number of carbonyl (C=O) groups is 2. The van der Waals surface area contributed by atoms with E-state index in [9.17, 15) is 14.7 Å². The molecule has 0 aliphatic carbocycles. The van der Waals surface area contributed by atoms with E-state index in [0.717, 1.165) is 58.4 Å². The predicted octanol–water partition coefficient (Wildman–Crippen LogP) is 2.05. The van der Waals surface area contributed by atoms with Crippen molar-refractivity contribution in [3.05, 3.63) is 35.9 Å². The van der Waals surface area contributed by atoms with Crippen molar-refractivity contribution in [1.29, 1.82) is 0 Å². The average Bonchev–Trinajstić information content (AvgIpc) is 2.95. The molecule has 1 aromatic rings. The highest BCUT2D eigenvalue weighted by Gasteiger charge is 2.55. The summed E-state index contributed by atoms with van der Waals surface area (Å²) in [6.07, 6.45) is 4.03. The molecule has 3 saturated heterocycles. The number of hydrogen-bond acceptors (Lipinski definition) is 4. The van der Waals surface area contributed by atoms with Crippen LogP contribution in [0.4, 0.5) is 0 Å². The van der Waals surface area contributed by atoms with Gasteiger partial charge in [0.2, 0.25) is 5.91 Å². The fraction of sp³-hybridized carbons (Fsp3) is 0.636. The maximum absolute atomic E-state index is 12.2. The number of benzene rings is 1. The molecule has 1 spiro atoms. The third-order valence-electron chi connectivity index (χ3n) is 7.35. The number of carboxylic acids is 1. The standard InChI is InChI=1S/C22H31N3O3/c1-23-20(26)15-19(21(27)28)22(23)9-13-25(14-10-22)18-7-11-24(12-8-18)16-17-5-3-2-4-6-17/h2-6,18-19H,7-16H2,1H3,(H,27,28)/t19-/m0/s1. The number of nitrogens with zero attached hydrogens (tertiary/aromatic N) is 3. The first-order valence-electron chi connectivity index (χ1n) is 10.5. The van der Waals surface area contributed by atoms with Gasteiger partial charge in [-0.1, -0.05) is 30.3 Å². The van der Waals surface area contributed by atoms with Crippen LogP contribution in [-0.2, 0) is 16.1 Å². The summed E-state index contributed by atoms with van der Waals surface area (Å²) in [6.45, 7) is 5.02. The Kier molecular flexibility index (Phi) is 5.43. The van der Waals surface area contributed by atoms with Crippen LogP contribution >= 0.6 is 0 Å². The van der Waals surface area contributed by atoms with Crippen LogP contribution < -0.4 is 0 Å². The van der Waals surface area contributed by atoms with E-state index >= 15 is 0 Å². The molecule has 1 aromatic carbocycles. The number of rotatable bonds is 4. The Balaban J connectivity index is 1.31. The Labute approximate surface area is 167 Å². The van der Waals surface area contributed by atoms with Gasteiger partial charge in [-0.3, -0.25) is 14.5 Å². The molecule has 3 aliphatic heterocycles. The molecule has 0 aromatic heterocycles. The number of carbonyl (C=O) groups excluding carboxylic acids is 1. The van der Waals surface area contributed by atoms with Crippen LogP contribution in [0, 0.1) is 5.92 Å². The largest absolute Gasteiger partial charge is 0.481 e. The molecule has 1 atom stereocenters. The summed E-state index contributed by atoms with van der Waals surface area (Å²) in [5, 5.41) is 9.63. The van der Waals surface area contributed by atoms with Crippen molar-refractivity contribution in [3.8, 4) is 0 Å². The van der Waals surface area contributed by atoms with Gasteiger partial charge in [-0.2, -0.15) is 0 Å². The Hall–Kier alpha value is -1.92. The van der Waals surface area contributed by atoms with Crippen molar-refractivity contribution in [2.75, 3.05) is 33.2 Å². The quantitative estimate of drug-likeness (QED) is 0.859. The normalized spacial score (nSPS) is 26.8. The second-order valence-corrected chi connectivity index (χ2v) is 8.68. The summed E-state index contributed by atoms with van der Waals surface area (Å²) in [5.74, 6) is -1.39. The highest BCUT2D eigenvalue weighted by Crippen LogP contribution is 2.43. The van der Waals surface area contributed by atoms with Crippen LogP contribution in [0.15, 0.2) is 30.3 Å². The smallest absolute Gasteiger partial charge is 0.309 e. The van der Waals surface area contributed by atoms with Gasteiger partial charge in [0.25, 0.3) is 0 Å². The lowest BCUT2D eigenvalue weighted by molar-refractivity contribution is -0.146. The molecule has 28 heavy (non-hydrogen) atoms. The number of hydrogen-bond donors (Lipinski definition) is 1.